The number of nitrogens with one attached hydrogen (secondary N) is 2. The number of aromatic nitrogens is 3. The van der Waals surface area contributed by atoms with Crippen LogP contribution in [0.2, 0.25) is 0 Å². The lowest BCUT2D eigenvalue weighted by molar-refractivity contribution is -0.114. The van der Waals surface area contributed by atoms with Crippen LogP contribution in [-0.4, -0.2) is 44.3 Å². The Balaban J connectivity index is 0.000000983. The molecule has 1 aromatic carbocycles. The van der Waals surface area contributed by atoms with E-state index in [1.54, 1.807) is 25.6 Å². The Bertz CT molecular complexity index is 1250. The number of hydrogen-bond acceptors (Lipinski definition) is 8. The molecule has 0 saturated carbocycles. The first-order valence-electron chi connectivity index (χ1n) is 10.6. The maximum absolute atomic E-state index is 11.9. The number of allylic oxidation sites excluding steroid dienone is 1. The van der Waals surface area contributed by atoms with Gasteiger partial charge in [-0.25, -0.2) is 9.97 Å². The highest BCUT2D eigenvalue weighted by Crippen LogP contribution is 2.27. The number of ether oxygens (including phenoxy) is 1. The quantitative estimate of drug-likeness (QED) is 0.238. The lowest BCUT2D eigenvalue weighted by Gasteiger charge is -2.15. The van der Waals surface area contributed by atoms with Gasteiger partial charge in [-0.1, -0.05) is 31.7 Å². The molecule has 0 atom stereocenters. The third-order valence-electron chi connectivity index (χ3n) is 4.61. The second-order valence-electron chi connectivity index (χ2n) is 7.86. The summed E-state index contributed by atoms with van der Waals surface area (Å²) in [7, 11) is -2.07. The summed E-state index contributed by atoms with van der Waals surface area (Å²) in [6.45, 7) is 10.3. The van der Waals surface area contributed by atoms with Crippen LogP contribution in [0.5, 0.6) is 5.88 Å². The summed E-state index contributed by atoms with van der Waals surface area (Å²) in [5.74, 6) is 1.56. The van der Waals surface area contributed by atoms with E-state index in [0.717, 1.165) is 40.3 Å². The predicted octanol–water partition coefficient (Wildman–Crippen LogP) is 5.02. The molecule has 0 saturated heterocycles. The number of carbonyl (C=O) groups is 1. The minimum Gasteiger partial charge on any atom is -0.481 e. The molecule has 11 heteroatoms. The average Bonchev–Trinajstić information content (AvgIpc) is 2.78. The van der Waals surface area contributed by atoms with Crippen LogP contribution >= 0.6 is 7.60 Å². The smallest absolute Gasteiger partial charge is 0.322 e. The fourth-order valence-corrected chi connectivity index (χ4v) is 2.88. The van der Waals surface area contributed by atoms with Gasteiger partial charge in [-0.05, 0) is 44.0 Å². The number of aryl methyl sites for hydroxylation is 3. The van der Waals surface area contributed by atoms with Crippen molar-refractivity contribution < 1.29 is 23.9 Å². The summed E-state index contributed by atoms with van der Waals surface area (Å²) in [6.07, 6.45) is 5.09. The molecular formula is C25H34N5O5P. The van der Waals surface area contributed by atoms with Crippen LogP contribution in [0.1, 0.15) is 29.7 Å². The highest BCUT2D eigenvalue weighted by molar-refractivity contribution is 7.50. The van der Waals surface area contributed by atoms with E-state index in [9.17, 15) is 9.36 Å². The van der Waals surface area contributed by atoms with Gasteiger partial charge in [0, 0.05) is 42.8 Å². The number of anilines is 4. The molecule has 0 aliphatic rings. The van der Waals surface area contributed by atoms with E-state index in [2.05, 4.69) is 32.2 Å². The van der Waals surface area contributed by atoms with E-state index in [0.29, 0.717) is 17.6 Å². The van der Waals surface area contributed by atoms with Crippen LogP contribution in [0.3, 0.4) is 0 Å². The summed E-state index contributed by atoms with van der Waals surface area (Å²) >= 11 is 0. The SMILES string of the molecule is C.C=CC(=O)Cc1cc(C)ccc1Nc1nc(Nc2cc(OC)ncc2C)ncc1C.CP(=O)(O)O. The van der Waals surface area contributed by atoms with E-state index >= 15 is 0 Å². The summed E-state index contributed by atoms with van der Waals surface area (Å²) in [6, 6.07) is 7.73. The lowest BCUT2D eigenvalue weighted by Crippen LogP contribution is -2.07. The summed E-state index contributed by atoms with van der Waals surface area (Å²) < 4.78 is 14.5. The number of rotatable bonds is 8. The Hall–Kier alpha value is -3.59. The van der Waals surface area contributed by atoms with Crippen molar-refractivity contribution in [2.24, 2.45) is 0 Å². The molecule has 0 amide bonds. The molecular weight excluding hydrogens is 481 g/mol. The van der Waals surface area contributed by atoms with Crippen LogP contribution in [0, 0.1) is 20.8 Å². The van der Waals surface area contributed by atoms with Gasteiger partial charge in [-0.15, -0.1) is 0 Å². The maximum atomic E-state index is 11.9. The molecule has 2 aromatic heterocycles. The topological polar surface area (TPSA) is 147 Å². The van der Waals surface area contributed by atoms with Gasteiger partial charge in [0.25, 0.3) is 0 Å². The van der Waals surface area contributed by atoms with Crippen molar-refractivity contribution in [3.8, 4) is 5.88 Å². The zero-order valence-electron chi connectivity index (χ0n) is 20.4. The molecule has 4 N–H and O–H groups in total. The molecule has 0 aliphatic heterocycles. The molecule has 0 radical (unpaired) electrons. The Morgan fingerprint density at radius 3 is 2.33 bits per heavy atom. The van der Waals surface area contributed by atoms with Crippen LogP contribution < -0.4 is 15.4 Å². The van der Waals surface area contributed by atoms with E-state index in [1.165, 1.54) is 6.08 Å². The fraction of sp³-hybridized carbons (Fsp3) is 0.280. The second-order valence-corrected chi connectivity index (χ2v) is 9.53. The minimum absolute atomic E-state index is 0. The van der Waals surface area contributed by atoms with Crippen molar-refractivity contribution in [2.75, 3.05) is 24.4 Å². The lowest BCUT2D eigenvalue weighted by atomic mass is 10.0. The number of benzene rings is 1. The van der Waals surface area contributed by atoms with Crippen molar-refractivity contribution in [1.29, 1.82) is 0 Å². The minimum atomic E-state index is -3.64. The van der Waals surface area contributed by atoms with Gasteiger partial charge in [0.2, 0.25) is 11.8 Å². The number of hydrogen-bond donors (Lipinski definition) is 4. The van der Waals surface area contributed by atoms with Crippen LogP contribution in [0.15, 0.2) is 49.3 Å². The highest BCUT2D eigenvalue weighted by atomic mass is 31.2. The third kappa shape index (κ3) is 9.95. The molecule has 36 heavy (non-hydrogen) atoms. The van der Waals surface area contributed by atoms with Gasteiger partial charge < -0.3 is 25.2 Å². The molecule has 10 nitrogen and oxygen atoms in total. The normalized spacial score (nSPS) is 10.3. The molecule has 3 aromatic rings. The molecule has 194 valence electrons. The van der Waals surface area contributed by atoms with Gasteiger partial charge >= 0.3 is 7.60 Å². The molecule has 0 bridgehead atoms. The zero-order chi connectivity index (χ0) is 26.2. The van der Waals surface area contributed by atoms with Crippen LogP contribution in [0.4, 0.5) is 23.1 Å². The molecule has 0 aliphatic carbocycles. The number of nitrogens with zero attached hydrogens (tertiary/aromatic N) is 3. The summed E-state index contributed by atoms with van der Waals surface area (Å²) in [4.78, 5) is 40.4. The Labute approximate surface area is 212 Å². The number of carbonyl (C=O) groups excluding carboxylic acids is 1. The number of methoxy groups -OCH3 is 1. The van der Waals surface area contributed by atoms with Gasteiger partial charge in [-0.2, -0.15) is 4.98 Å². The van der Waals surface area contributed by atoms with E-state index in [1.807, 2.05) is 39.0 Å². The summed E-state index contributed by atoms with van der Waals surface area (Å²) in [5.41, 5.74) is 5.43. The Morgan fingerprint density at radius 2 is 1.72 bits per heavy atom. The van der Waals surface area contributed by atoms with Gasteiger partial charge in [0.15, 0.2) is 5.78 Å². The molecule has 0 unspecified atom stereocenters. The van der Waals surface area contributed by atoms with Crippen molar-refractivity contribution in [3.05, 3.63) is 71.6 Å². The van der Waals surface area contributed by atoms with Crippen molar-refractivity contribution >= 4 is 36.5 Å². The van der Waals surface area contributed by atoms with Crippen LogP contribution in [0.25, 0.3) is 0 Å². The predicted molar refractivity (Wildman–Crippen MR) is 144 cm³/mol. The van der Waals surface area contributed by atoms with E-state index in [4.69, 9.17) is 14.5 Å². The monoisotopic (exact) mass is 515 g/mol. The third-order valence-corrected chi connectivity index (χ3v) is 4.61. The van der Waals surface area contributed by atoms with Crippen LogP contribution in [-0.2, 0) is 15.8 Å². The standard InChI is InChI=1S/C23H25N5O2.CH5O3P.CH4/c1-6-18(29)10-17-9-14(2)7-8-19(17)26-22-16(4)13-25-23(28-22)27-20-11-21(30-5)24-12-15(20)3;1-5(2,3)4;/h6-9,11-13H,1,10H2,2-5H3,(H2,24,25,26,27,28);1H3,(H2,2,3,4);1H4. The fourth-order valence-electron chi connectivity index (χ4n) is 2.88. The largest absolute Gasteiger partial charge is 0.481 e. The molecule has 0 spiro atoms. The van der Waals surface area contributed by atoms with Gasteiger partial charge in [0.1, 0.15) is 5.82 Å². The first-order valence-corrected chi connectivity index (χ1v) is 12.6. The van der Waals surface area contributed by atoms with Gasteiger partial charge in [0.05, 0.1) is 12.8 Å². The number of pyridine rings is 1. The van der Waals surface area contributed by atoms with Crippen molar-refractivity contribution in [1.82, 2.24) is 15.0 Å². The molecule has 2 heterocycles. The van der Waals surface area contributed by atoms with E-state index < -0.39 is 7.60 Å². The highest BCUT2D eigenvalue weighted by Gasteiger charge is 2.11. The van der Waals surface area contributed by atoms with E-state index in [-0.39, 0.29) is 19.6 Å². The number of ketones is 1. The summed E-state index contributed by atoms with van der Waals surface area (Å²) in [5, 5.41) is 6.56. The maximum Gasteiger partial charge on any atom is 0.322 e. The first-order chi connectivity index (χ1) is 16.4. The molecule has 0 fully saturated rings. The Morgan fingerprint density at radius 1 is 1.08 bits per heavy atom. The van der Waals surface area contributed by atoms with Crippen molar-refractivity contribution in [3.63, 3.8) is 0 Å². The second kappa shape index (κ2) is 13.5. The van der Waals surface area contributed by atoms with Gasteiger partial charge in [-0.3, -0.25) is 9.36 Å². The Kier molecular flexibility index (Phi) is 11.4. The first kappa shape index (κ1) is 30.4. The van der Waals surface area contributed by atoms with Crippen molar-refractivity contribution in [2.45, 2.75) is 34.6 Å². The average molecular weight is 516 g/mol. The molecule has 3 rings (SSSR count). The zero-order valence-corrected chi connectivity index (χ0v) is 21.3.